The smallest absolute Gasteiger partial charge is 0.261 e. The quantitative estimate of drug-likeness (QED) is 0.900. The first-order chi connectivity index (χ1) is 11.2. The molecular formula is C18H24N2O2S. The molecule has 1 spiro atoms. The van der Waals surface area contributed by atoms with Gasteiger partial charge in [-0.3, -0.25) is 9.69 Å². The van der Waals surface area contributed by atoms with Crippen molar-refractivity contribution in [1.29, 1.82) is 0 Å². The molecule has 23 heavy (non-hydrogen) atoms. The van der Waals surface area contributed by atoms with Crippen molar-refractivity contribution >= 4 is 17.2 Å². The molecule has 124 valence electrons. The van der Waals surface area contributed by atoms with Crippen LogP contribution in [0.1, 0.15) is 35.4 Å². The van der Waals surface area contributed by atoms with E-state index in [0.29, 0.717) is 17.9 Å². The molecule has 4 nitrogen and oxygen atoms in total. The molecule has 5 heteroatoms. The molecule has 2 bridgehead atoms. The number of nitrogens with zero attached hydrogens (tertiary/aromatic N) is 1. The van der Waals surface area contributed by atoms with Crippen molar-refractivity contribution in [2.24, 2.45) is 17.8 Å². The van der Waals surface area contributed by atoms with E-state index < -0.39 is 0 Å². The van der Waals surface area contributed by atoms with Crippen molar-refractivity contribution in [2.45, 2.75) is 37.4 Å². The summed E-state index contributed by atoms with van der Waals surface area (Å²) >= 11 is 1.51. The van der Waals surface area contributed by atoms with Gasteiger partial charge in [-0.25, -0.2) is 0 Å². The molecule has 1 saturated carbocycles. The first-order valence-electron chi connectivity index (χ1n) is 8.95. The van der Waals surface area contributed by atoms with Gasteiger partial charge < -0.3 is 10.1 Å². The van der Waals surface area contributed by atoms with Crippen LogP contribution in [0.5, 0.6) is 0 Å². The van der Waals surface area contributed by atoms with Crippen molar-refractivity contribution < 1.29 is 9.53 Å². The zero-order valence-electron chi connectivity index (χ0n) is 13.4. The highest BCUT2D eigenvalue weighted by atomic mass is 32.1. The number of carbonyl (C=O) groups excluding carboxylic acids is 1. The molecule has 5 rings (SSSR count). The average molecular weight is 332 g/mol. The van der Waals surface area contributed by atoms with Gasteiger partial charge >= 0.3 is 0 Å². The van der Waals surface area contributed by atoms with E-state index in [0.717, 1.165) is 23.9 Å². The predicted molar refractivity (Wildman–Crippen MR) is 89.6 cm³/mol. The predicted octanol–water partition coefficient (Wildman–Crippen LogP) is 2.37. The summed E-state index contributed by atoms with van der Waals surface area (Å²) in [4.78, 5) is 15.7. The van der Waals surface area contributed by atoms with E-state index in [9.17, 15) is 4.79 Å². The van der Waals surface area contributed by atoms with Crippen molar-refractivity contribution in [3.8, 4) is 0 Å². The topological polar surface area (TPSA) is 41.6 Å². The second-order valence-corrected chi connectivity index (χ2v) is 8.80. The van der Waals surface area contributed by atoms with Gasteiger partial charge in [0.2, 0.25) is 0 Å². The number of hydrogen-bond acceptors (Lipinski definition) is 4. The van der Waals surface area contributed by atoms with E-state index in [1.165, 1.54) is 50.1 Å². The molecule has 0 aromatic carbocycles. The molecule has 0 unspecified atom stereocenters. The summed E-state index contributed by atoms with van der Waals surface area (Å²) in [5.74, 6) is 2.13. The monoisotopic (exact) mass is 332 g/mol. The highest BCUT2D eigenvalue weighted by Gasteiger charge is 2.62. The van der Waals surface area contributed by atoms with E-state index >= 15 is 0 Å². The zero-order valence-corrected chi connectivity index (χ0v) is 14.2. The Labute approximate surface area is 141 Å². The summed E-state index contributed by atoms with van der Waals surface area (Å²) in [5.41, 5.74) is 0.109. The molecule has 1 aromatic rings. The third-order valence-corrected chi connectivity index (χ3v) is 7.18. The van der Waals surface area contributed by atoms with Crippen LogP contribution in [-0.4, -0.2) is 48.7 Å². The fourth-order valence-electron chi connectivity index (χ4n) is 5.07. The number of nitrogens with one attached hydrogen (secondary N) is 1. The summed E-state index contributed by atoms with van der Waals surface area (Å²) in [6, 6.07) is 3.83. The lowest BCUT2D eigenvalue weighted by molar-refractivity contribution is 0.00244. The summed E-state index contributed by atoms with van der Waals surface area (Å²) in [5, 5.41) is 5.12. The summed E-state index contributed by atoms with van der Waals surface area (Å²) in [6.45, 7) is 4.33. The van der Waals surface area contributed by atoms with Crippen LogP contribution < -0.4 is 5.32 Å². The Morgan fingerprint density at radius 2 is 2.35 bits per heavy atom. The molecular weight excluding hydrogens is 308 g/mol. The lowest BCUT2D eigenvalue weighted by atomic mass is 9.73. The summed E-state index contributed by atoms with van der Waals surface area (Å²) in [6.07, 6.45) is 5.59. The van der Waals surface area contributed by atoms with Crippen LogP contribution in [0.15, 0.2) is 17.5 Å². The molecule has 4 aliphatic rings. The molecule has 3 aliphatic heterocycles. The Bertz CT molecular complexity index is 600. The fourth-order valence-corrected chi connectivity index (χ4v) is 5.71. The van der Waals surface area contributed by atoms with Crippen LogP contribution in [0.25, 0.3) is 0 Å². The van der Waals surface area contributed by atoms with Crippen molar-refractivity contribution in [2.75, 3.05) is 26.2 Å². The fraction of sp³-hybridized carbons (Fsp3) is 0.722. The molecule has 3 saturated heterocycles. The van der Waals surface area contributed by atoms with Gasteiger partial charge in [0.1, 0.15) is 0 Å². The van der Waals surface area contributed by atoms with Gasteiger partial charge in [-0.05, 0) is 43.0 Å². The van der Waals surface area contributed by atoms with Crippen LogP contribution >= 0.6 is 11.3 Å². The average Bonchev–Trinajstić information content (AvgIpc) is 2.98. The molecule has 4 fully saturated rings. The van der Waals surface area contributed by atoms with Crippen LogP contribution in [0.2, 0.25) is 0 Å². The van der Waals surface area contributed by atoms with E-state index in [1.807, 2.05) is 17.5 Å². The minimum atomic E-state index is 0.0738. The normalized spacial score (nSPS) is 38.9. The highest BCUT2D eigenvalue weighted by Crippen LogP contribution is 2.55. The number of thiophene rings is 1. The number of fused-ring (bicyclic) bond motifs is 1. The molecule has 1 N–H and O–H groups in total. The van der Waals surface area contributed by atoms with Crippen LogP contribution in [0.3, 0.4) is 0 Å². The van der Waals surface area contributed by atoms with Gasteiger partial charge in [-0.15, -0.1) is 11.3 Å². The van der Waals surface area contributed by atoms with Crippen LogP contribution in [-0.2, 0) is 4.74 Å². The van der Waals surface area contributed by atoms with E-state index in [1.54, 1.807) is 0 Å². The second-order valence-electron chi connectivity index (χ2n) is 7.85. The number of ether oxygens (including phenoxy) is 1. The Morgan fingerprint density at radius 3 is 3.13 bits per heavy atom. The second kappa shape index (κ2) is 5.30. The van der Waals surface area contributed by atoms with Gasteiger partial charge in [0.15, 0.2) is 0 Å². The maximum Gasteiger partial charge on any atom is 0.261 e. The van der Waals surface area contributed by atoms with E-state index in [4.69, 9.17) is 4.74 Å². The lowest BCUT2D eigenvalue weighted by Gasteiger charge is -2.29. The number of likely N-dealkylation sites (tertiary alicyclic amines) is 1. The highest BCUT2D eigenvalue weighted by molar-refractivity contribution is 7.12. The van der Waals surface area contributed by atoms with E-state index in [-0.39, 0.29) is 11.5 Å². The zero-order chi connectivity index (χ0) is 15.4. The Balaban J connectivity index is 1.25. The van der Waals surface area contributed by atoms with Crippen molar-refractivity contribution in [1.82, 2.24) is 10.2 Å². The number of amides is 1. The molecule has 1 aliphatic carbocycles. The maximum atomic E-state index is 12.2. The van der Waals surface area contributed by atoms with Gasteiger partial charge in [-0.2, -0.15) is 0 Å². The van der Waals surface area contributed by atoms with Crippen LogP contribution in [0, 0.1) is 17.8 Å². The SMILES string of the molecule is O=C(NC[C@H]1[C@H]2CN(CC3CC3)C[C@]23CC[C@H]1O3)c1cccs1. The van der Waals surface area contributed by atoms with Gasteiger partial charge in [0.25, 0.3) is 5.91 Å². The minimum absolute atomic E-state index is 0.0738. The molecule has 0 radical (unpaired) electrons. The van der Waals surface area contributed by atoms with Crippen molar-refractivity contribution in [3.63, 3.8) is 0 Å². The molecule has 1 aromatic heterocycles. The maximum absolute atomic E-state index is 12.2. The van der Waals surface area contributed by atoms with E-state index in [2.05, 4.69) is 10.2 Å². The molecule has 4 atom stereocenters. The lowest BCUT2D eigenvalue weighted by Crippen LogP contribution is -2.41. The first kappa shape index (κ1) is 14.4. The van der Waals surface area contributed by atoms with Gasteiger partial charge in [0, 0.05) is 38.0 Å². The number of hydrogen-bond donors (Lipinski definition) is 1. The summed E-state index contributed by atoms with van der Waals surface area (Å²) < 4.78 is 6.46. The number of rotatable bonds is 5. The Morgan fingerprint density at radius 1 is 1.43 bits per heavy atom. The molecule has 1 amide bonds. The Hall–Kier alpha value is -0.910. The first-order valence-corrected chi connectivity index (χ1v) is 9.83. The van der Waals surface area contributed by atoms with Gasteiger partial charge in [-0.1, -0.05) is 6.07 Å². The standard InChI is InChI=1S/C18H24N2O2S/c21-17(16-2-1-7-23-16)19-8-13-14-10-20(9-12-3-4-12)11-18(14)6-5-15(13)22-18/h1-2,7,12-15H,3-6,8-11H2,(H,19,21)/t13-,14+,15+,18+/m0/s1. The minimum Gasteiger partial charge on any atom is -0.370 e. The Kier molecular flexibility index (Phi) is 3.32. The number of carbonyl (C=O) groups is 1. The van der Waals surface area contributed by atoms with Crippen LogP contribution in [0.4, 0.5) is 0 Å². The summed E-state index contributed by atoms with van der Waals surface area (Å²) in [7, 11) is 0. The third kappa shape index (κ3) is 2.44. The third-order valence-electron chi connectivity index (χ3n) is 6.31. The van der Waals surface area contributed by atoms with Crippen molar-refractivity contribution in [3.05, 3.63) is 22.4 Å². The van der Waals surface area contributed by atoms with Gasteiger partial charge in [0.05, 0.1) is 16.6 Å². The largest absolute Gasteiger partial charge is 0.370 e. The molecule has 4 heterocycles.